The van der Waals surface area contributed by atoms with Crippen molar-refractivity contribution < 1.29 is 46.8 Å². The molecule has 0 bridgehead atoms. The molecule has 0 spiro atoms. The van der Waals surface area contributed by atoms with Gasteiger partial charge in [-0.15, -0.1) is 0 Å². The summed E-state index contributed by atoms with van der Waals surface area (Å²) in [4.78, 5) is 17.1. The number of amides is 1. The molecule has 3 atom stereocenters. The second-order valence-corrected chi connectivity index (χ2v) is 10.1. The third kappa shape index (κ3) is 5.98. The number of nitrogens with two attached hydrogens (primary N) is 1. The lowest BCUT2D eigenvalue weighted by Crippen LogP contribution is -2.51. The Morgan fingerprint density at radius 3 is 2.48 bits per heavy atom. The summed E-state index contributed by atoms with van der Waals surface area (Å²) in [7, 11) is 1.31. The minimum atomic E-state index is -5.29. The van der Waals surface area contributed by atoms with Crippen LogP contribution in [0.1, 0.15) is 41.9 Å². The number of aliphatic hydroxyl groups is 2. The first-order valence-corrected chi connectivity index (χ1v) is 13.0. The predicted molar refractivity (Wildman–Crippen MR) is 144 cm³/mol. The molecule has 13 heteroatoms. The van der Waals surface area contributed by atoms with Gasteiger partial charge in [0.15, 0.2) is 17.2 Å². The van der Waals surface area contributed by atoms with Gasteiger partial charge in [-0.25, -0.2) is 9.37 Å². The van der Waals surface area contributed by atoms with Crippen LogP contribution in [0.5, 0.6) is 17.2 Å². The maximum atomic E-state index is 14.6. The van der Waals surface area contributed by atoms with Crippen LogP contribution in [0.3, 0.4) is 0 Å². The van der Waals surface area contributed by atoms with Crippen molar-refractivity contribution in [3.8, 4) is 28.5 Å². The van der Waals surface area contributed by atoms with E-state index in [1.165, 1.54) is 44.4 Å². The van der Waals surface area contributed by atoms with Gasteiger partial charge in [-0.05, 0) is 61.9 Å². The first-order chi connectivity index (χ1) is 19.7. The summed E-state index contributed by atoms with van der Waals surface area (Å²) in [6.07, 6.45) is -5.77. The van der Waals surface area contributed by atoms with E-state index in [1.807, 2.05) is 0 Å². The van der Waals surface area contributed by atoms with Gasteiger partial charge in [0.25, 0.3) is 5.91 Å². The van der Waals surface area contributed by atoms with E-state index in [0.29, 0.717) is 6.42 Å². The number of halogens is 4. The summed E-state index contributed by atoms with van der Waals surface area (Å²) in [5.41, 5.74) is 1.12. The number of alkyl halides is 3. The maximum Gasteiger partial charge on any atom is 0.424 e. The third-order valence-electron chi connectivity index (χ3n) is 7.04. The van der Waals surface area contributed by atoms with Crippen molar-refractivity contribution >= 4 is 5.91 Å². The van der Waals surface area contributed by atoms with E-state index in [9.17, 15) is 32.6 Å². The van der Waals surface area contributed by atoms with E-state index in [0.717, 1.165) is 18.2 Å². The van der Waals surface area contributed by atoms with Crippen LogP contribution in [0.25, 0.3) is 11.3 Å². The highest BCUT2D eigenvalue weighted by atomic mass is 19.4. The van der Waals surface area contributed by atoms with Gasteiger partial charge in [0.1, 0.15) is 24.7 Å². The van der Waals surface area contributed by atoms with E-state index in [1.54, 1.807) is 6.92 Å². The fourth-order valence-electron chi connectivity index (χ4n) is 4.42. The Bertz CT molecular complexity index is 1450. The minimum Gasteiger partial charge on any atom is -0.493 e. The van der Waals surface area contributed by atoms with Crippen LogP contribution >= 0.6 is 0 Å². The molecule has 2 heterocycles. The Morgan fingerprint density at radius 1 is 1.19 bits per heavy atom. The molecular weight excluding hydrogens is 562 g/mol. The molecular formula is C29H31F4N3O6. The van der Waals surface area contributed by atoms with Gasteiger partial charge in [0, 0.05) is 16.7 Å². The predicted octanol–water partition coefficient (Wildman–Crippen LogP) is 3.79. The fraction of sp³-hybridized carbons (Fsp3) is 0.379. The van der Waals surface area contributed by atoms with Crippen LogP contribution in [-0.2, 0) is 11.1 Å². The fourth-order valence-corrected chi connectivity index (χ4v) is 4.42. The van der Waals surface area contributed by atoms with Crippen LogP contribution in [0, 0.1) is 5.82 Å². The number of carbonyl (C=O) groups is 1. The van der Waals surface area contributed by atoms with Gasteiger partial charge in [-0.2, -0.15) is 13.2 Å². The van der Waals surface area contributed by atoms with Gasteiger partial charge in [-0.3, -0.25) is 4.79 Å². The second-order valence-electron chi connectivity index (χ2n) is 10.1. The molecule has 0 saturated heterocycles. The van der Waals surface area contributed by atoms with Crippen LogP contribution in [0.2, 0.25) is 0 Å². The lowest BCUT2D eigenvalue weighted by molar-refractivity contribution is -0.265. The maximum absolute atomic E-state index is 14.6. The Hall–Kier alpha value is -3.94. The summed E-state index contributed by atoms with van der Waals surface area (Å²) in [6.45, 7) is 1.86. The smallest absolute Gasteiger partial charge is 0.424 e. The highest BCUT2D eigenvalue weighted by Crippen LogP contribution is 2.47. The number of nitrogens with zero attached hydrogens (tertiary/aromatic N) is 1. The zero-order valence-electron chi connectivity index (χ0n) is 23.1. The molecule has 0 saturated carbocycles. The SMILES string of the molecule is CC[C@@]1(N)COc2c1cc([C@@](O)(CNC(=O)c1ccc(OC[C@@H](C)O)c(OC)c1)C(F)(F)F)nc2-c1ccc(F)cc1. The zero-order valence-corrected chi connectivity index (χ0v) is 23.1. The summed E-state index contributed by atoms with van der Waals surface area (Å²) >= 11 is 0. The molecule has 1 aliphatic rings. The van der Waals surface area contributed by atoms with E-state index in [2.05, 4.69) is 10.3 Å². The standard InChI is InChI=1S/C29H31F4N3O6/c1-4-27(34)15-42-25-20(27)12-23(36-24(25)17-5-8-19(30)9-6-17)28(39,29(31,32)33)14-35-26(38)18-7-10-21(22(11-18)40-3)41-13-16(2)37/h5-12,16,37,39H,4,13-15,34H2,1-3H3,(H,35,38)/t16-,27-,28+/m1/s1. The Kier molecular flexibility index (Phi) is 8.67. The van der Waals surface area contributed by atoms with E-state index in [-0.39, 0.29) is 52.8 Å². The second kappa shape index (κ2) is 11.7. The average Bonchev–Trinajstić information content (AvgIpc) is 3.30. The Labute approximate surface area is 239 Å². The number of benzene rings is 2. The van der Waals surface area contributed by atoms with Crippen molar-refractivity contribution in [2.24, 2.45) is 5.73 Å². The highest BCUT2D eigenvalue weighted by molar-refractivity contribution is 5.95. The van der Waals surface area contributed by atoms with Crippen molar-refractivity contribution in [1.82, 2.24) is 10.3 Å². The number of aromatic nitrogens is 1. The van der Waals surface area contributed by atoms with Crippen molar-refractivity contribution in [2.75, 3.05) is 26.9 Å². The van der Waals surface area contributed by atoms with Crippen molar-refractivity contribution in [3.05, 3.63) is 71.2 Å². The molecule has 226 valence electrons. The molecule has 0 unspecified atom stereocenters. The number of aliphatic hydroxyl groups excluding tert-OH is 1. The molecule has 1 aliphatic heterocycles. The van der Waals surface area contributed by atoms with Crippen LogP contribution in [-0.4, -0.2) is 60.3 Å². The first kappa shape index (κ1) is 31.0. The zero-order chi connectivity index (χ0) is 30.9. The summed E-state index contributed by atoms with van der Waals surface area (Å²) in [5, 5.41) is 22.7. The number of pyridine rings is 1. The van der Waals surface area contributed by atoms with Crippen molar-refractivity contribution in [1.29, 1.82) is 0 Å². The van der Waals surface area contributed by atoms with E-state index in [4.69, 9.17) is 19.9 Å². The van der Waals surface area contributed by atoms with Crippen molar-refractivity contribution in [2.45, 2.75) is 43.7 Å². The number of ether oxygens (including phenoxy) is 3. The summed E-state index contributed by atoms with van der Waals surface area (Å²) in [5.74, 6) is -1.06. The lowest BCUT2D eigenvalue weighted by atomic mass is 9.86. The normalized spacial score (nSPS) is 18.4. The minimum absolute atomic E-state index is 0.0435. The summed E-state index contributed by atoms with van der Waals surface area (Å²) < 4.78 is 73.7. The van der Waals surface area contributed by atoms with Crippen LogP contribution in [0.15, 0.2) is 48.5 Å². The first-order valence-electron chi connectivity index (χ1n) is 13.0. The lowest BCUT2D eigenvalue weighted by Gasteiger charge is -2.31. The molecule has 0 aliphatic carbocycles. The van der Waals surface area contributed by atoms with Gasteiger partial charge in [0.05, 0.1) is 31.0 Å². The molecule has 4 rings (SSSR count). The average molecular weight is 594 g/mol. The third-order valence-corrected chi connectivity index (χ3v) is 7.04. The van der Waals surface area contributed by atoms with Crippen molar-refractivity contribution in [3.63, 3.8) is 0 Å². The van der Waals surface area contributed by atoms with E-state index >= 15 is 0 Å². The molecule has 0 fully saturated rings. The molecule has 5 N–H and O–H groups in total. The highest BCUT2D eigenvalue weighted by Gasteiger charge is 2.57. The van der Waals surface area contributed by atoms with Gasteiger partial charge >= 0.3 is 6.18 Å². The largest absolute Gasteiger partial charge is 0.493 e. The molecule has 1 aromatic heterocycles. The molecule has 1 amide bonds. The summed E-state index contributed by atoms with van der Waals surface area (Å²) in [6, 6.07) is 9.83. The molecule has 3 aromatic rings. The number of methoxy groups -OCH3 is 1. The number of fused-ring (bicyclic) bond motifs is 1. The van der Waals surface area contributed by atoms with Gasteiger partial charge in [-0.1, -0.05) is 6.92 Å². The van der Waals surface area contributed by atoms with Crippen LogP contribution < -0.4 is 25.3 Å². The topological polar surface area (TPSA) is 136 Å². The monoisotopic (exact) mass is 593 g/mol. The van der Waals surface area contributed by atoms with Crippen LogP contribution in [0.4, 0.5) is 17.6 Å². The van der Waals surface area contributed by atoms with Gasteiger partial charge in [0.2, 0.25) is 5.60 Å². The number of carbonyl (C=O) groups excluding carboxylic acids is 1. The molecule has 42 heavy (non-hydrogen) atoms. The number of rotatable bonds is 10. The number of hydrogen-bond donors (Lipinski definition) is 4. The molecule has 2 aromatic carbocycles. The quantitative estimate of drug-likeness (QED) is 0.261. The van der Waals surface area contributed by atoms with E-state index < -0.39 is 47.4 Å². The number of nitrogens with one attached hydrogen (secondary N) is 1. The molecule has 9 nitrogen and oxygen atoms in total. The number of hydrogen-bond acceptors (Lipinski definition) is 8. The molecule has 0 radical (unpaired) electrons. The Morgan fingerprint density at radius 2 is 1.88 bits per heavy atom. The van der Waals surface area contributed by atoms with Gasteiger partial charge < -0.3 is 35.5 Å². The Balaban J connectivity index is 1.71.